The minimum absolute atomic E-state index is 0.121. The summed E-state index contributed by atoms with van der Waals surface area (Å²) in [7, 11) is 0. The maximum atomic E-state index is 12.3. The molecule has 1 aliphatic carbocycles. The molecule has 0 saturated heterocycles. The van der Waals surface area contributed by atoms with Crippen LogP contribution in [0.15, 0.2) is 91.6 Å². The summed E-state index contributed by atoms with van der Waals surface area (Å²) in [4.78, 5) is 35.8. The van der Waals surface area contributed by atoms with E-state index in [1.165, 1.54) is 17.2 Å². The van der Waals surface area contributed by atoms with E-state index >= 15 is 0 Å². The topological polar surface area (TPSA) is 78.9 Å². The van der Waals surface area contributed by atoms with Gasteiger partial charge in [0.2, 0.25) is 0 Å². The van der Waals surface area contributed by atoms with Crippen molar-refractivity contribution >= 4 is 17.9 Å². The van der Waals surface area contributed by atoms with Crippen molar-refractivity contribution in [2.75, 3.05) is 6.61 Å². The minimum atomic E-state index is -0.616. The van der Waals surface area contributed by atoms with Crippen LogP contribution in [-0.4, -0.2) is 24.5 Å². The van der Waals surface area contributed by atoms with Gasteiger partial charge in [0.15, 0.2) is 11.5 Å². The molecule has 0 N–H and O–H groups in total. The van der Waals surface area contributed by atoms with Crippen LogP contribution >= 0.6 is 0 Å². The Morgan fingerprint density at radius 2 is 1.40 bits per heavy atom. The van der Waals surface area contributed by atoms with E-state index < -0.39 is 17.9 Å². The van der Waals surface area contributed by atoms with E-state index in [2.05, 4.69) is 50.1 Å². The van der Waals surface area contributed by atoms with E-state index in [9.17, 15) is 14.4 Å². The Bertz CT molecular complexity index is 1540. The smallest absolute Gasteiger partial charge is 0.338 e. The molecule has 1 unspecified atom stereocenters. The van der Waals surface area contributed by atoms with Crippen LogP contribution in [0.2, 0.25) is 0 Å². The molecule has 3 aromatic rings. The average Bonchev–Trinajstić information content (AvgIpc) is 3.34. The van der Waals surface area contributed by atoms with Gasteiger partial charge in [0.25, 0.3) is 0 Å². The van der Waals surface area contributed by atoms with Gasteiger partial charge in [-0.1, -0.05) is 62.2 Å². The van der Waals surface area contributed by atoms with Gasteiger partial charge in [-0.05, 0) is 84.7 Å². The molecule has 0 aliphatic heterocycles. The van der Waals surface area contributed by atoms with Gasteiger partial charge < -0.3 is 14.2 Å². The number of ether oxygens (including phenoxy) is 3. The molecule has 0 bridgehead atoms. The molecule has 0 aromatic heterocycles. The highest BCUT2D eigenvalue weighted by Gasteiger charge is 2.23. The highest BCUT2D eigenvalue weighted by Crippen LogP contribution is 2.37. The van der Waals surface area contributed by atoms with Crippen molar-refractivity contribution in [2.45, 2.75) is 33.6 Å². The van der Waals surface area contributed by atoms with Crippen molar-refractivity contribution in [1.29, 1.82) is 0 Å². The normalized spacial score (nSPS) is 13.6. The molecule has 1 aliphatic rings. The lowest BCUT2D eigenvalue weighted by Crippen LogP contribution is -2.12. The molecule has 0 amide bonds. The van der Waals surface area contributed by atoms with Crippen molar-refractivity contribution in [3.05, 3.63) is 108 Å². The van der Waals surface area contributed by atoms with Gasteiger partial charge >= 0.3 is 17.9 Å². The zero-order valence-electron chi connectivity index (χ0n) is 23.0. The molecule has 40 heavy (non-hydrogen) atoms. The van der Waals surface area contributed by atoms with Crippen molar-refractivity contribution in [3.8, 4) is 33.8 Å². The standard InChI is InChI=1S/C34H32O6/c1-7-32(35)38-19-23-15-25-8-9-26(17-28(25)16-23)24-10-12-29(22(6)14-24)27-11-13-30(39-33(36)20(2)3)31(18-27)40-34(37)21(4)5/h7-14,17-18,23H,1-2,4,15-16,19H2,3,5-6H3. The van der Waals surface area contributed by atoms with E-state index in [1.807, 2.05) is 19.1 Å². The third-order valence-corrected chi connectivity index (χ3v) is 6.77. The number of carbonyl (C=O) groups is 3. The molecule has 6 heteroatoms. The lowest BCUT2D eigenvalue weighted by atomic mass is 9.94. The fourth-order valence-corrected chi connectivity index (χ4v) is 4.65. The first kappa shape index (κ1) is 28.3. The Balaban J connectivity index is 1.59. The molecular formula is C34H32O6. The van der Waals surface area contributed by atoms with Gasteiger partial charge in [0.1, 0.15) is 0 Å². The van der Waals surface area contributed by atoms with Crippen LogP contribution < -0.4 is 9.47 Å². The van der Waals surface area contributed by atoms with Gasteiger partial charge in [-0.3, -0.25) is 0 Å². The molecule has 0 spiro atoms. The van der Waals surface area contributed by atoms with Gasteiger partial charge in [-0.25, -0.2) is 14.4 Å². The van der Waals surface area contributed by atoms with E-state index in [4.69, 9.17) is 14.2 Å². The maximum Gasteiger partial charge on any atom is 0.338 e. The maximum absolute atomic E-state index is 12.3. The van der Waals surface area contributed by atoms with Crippen molar-refractivity contribution < 1.29 is 28.6 Å². The first-order chi connectivity index (χ1) is 19.0. The highest BCUT2D eigenvalue weighted by atomic mass is 16.6. The molecule has 3 aromatic carbocycles. The van der Waals surface area contributed by atoms with Gasteiger partial charge in [0, 0.05) is 23.1 Å². The summed E-state index contributed by atoms with van der Waals surface area (Å²) >= 11 is 0. The number of hydrogen-bond donors (Lipinski definition) is 0. The summed E-state index contributed by atoms with van der Waals surface area (Å²) in [5.41, 5.74) is 7.95. The highest BCUT2D eigenvalue weighted by molar-refractivity contribution is 5.91. The lowest BCUT2D eigenvalue weighted by molar-refractivity contribution is -0.139. The summed E-state index contributed by atoms with van der Waals surface area (Å²) in [6.45, 7) is 16.2. The van der Waals surface area contributed by atoms with Crippen LogP contribution in [0.3, 0.4) is 0 Å². The molecule has 0 heterocycles. The van der Waals surface area contributed by atoms with Gasteiger partial charge in [-0.15, -0.1) is 0 Å². The minimum Gasteiger partial charge on any atom is -0.462 e. The first-order valence-electron chi connectivity index (χ1n) is 13.0. The number of hydrogen-bond acceptors (Lipinski definition) is 6. The molecule has 204 valence electrons. The quantitative estimate of drug-likeness (QED) is 0.171. The third kappa shape index (κ3) is 6.46. The number of esters is 3. The fourth-order valence-electron chi connectivity index (χ4n) is 4.65. The second-order valence-electron chi connectivity index (χ2n) is 10.1. The summed E-state index contributed by atoms with van der Waals surface area (Å²) < 4.78 is 16.1. The van der Waals surface area contributed by atoms with Crippen LogP contribution in [0.1, 0.15) is 30.5 Å². The fraction of sp³-hybridized carbons (Fsp3) is 0.206. The monoisotopic (exact) mass is 536 g/mol. The van der Waals surface area contributed by atoms with Crippen LogP contribution in [0.5, 0.6) is 11.5 Å². The Labute approximate surface area is 234 Å². The Hall–Kier alpha value is -4.71. The van der Waals surface area contributed by atoms with Crippen LogP contribution in [0.4, 0.5) is 0 Å². The summed E-state index contributed by atoms with van der Waals surface area (Å²) in [6, 6.07) is 17.8. The van der Waals surface area contributed by atoms with Crippen LogP contribution in [0, 0.1) is 12.8 Å². The second kappa shape index (κ2) is 12.0. The number of rotatable bonds is 9. The SMILES string of the molecule is C=CC(=O)OCC1Cc2ccc(-c3ccc(-c4ccc(OC(=O)C(=C)C)c(OC(=O)C(=C)C)c4)c(C)c3)cc2C1. The number of fused-ring (bicyclic) bond motifs is 1. The van der Waals surface area contributed by atoms with E-state index in [1.54, 1.807) is 26.0 Å². The van der Waals surface area contributed by atoms with Crippen LogP contribution in [-0.2, 0) is 32.0 Å². The van der Waals surface area contributed by atoms with Gasteiger partial charge in [0.05, 0.1) is 6.61 Å². The summed E-state index contributed by atoms with van der Waals surface area (Å²) in [5.74, 6) is -1.11. The Morgan fingerprint density at radius 3 is 2.05 bits per heavy atom. The Morgan fingerprint density at radius 1 is 0.800 bits per heavy atom. The molecular weight excluding hydrogens is 504 g/mol. The molecule has 0 saturated carbocycles. The molecule has 0 fully saturated rings. The average molecular weight is 537 g/mol. The van der Waals surface area contributed by atoms with E-state index in [-0.39, 0.29) is 28.6 Å². The van der Waals surface area contributed by atoms with E-state index in [0.29, 0.717) is 6.61 Å². The molecule has 6 nitrogen and oxygen atoms in total. The molecule has 0 radical (unpaired) electrons. The zero-order valence-corrected chi connectivity index (χ0v) is 23.0. The van der Waals surface area contributed by atoms with Crippen molar-refractivity contribution in [3.63, 3.8) is 0 Å². The number of benzene rings is 3. The predicted molar refractivity (Wildman–Crippen MR) is 155 cm³/mol. The predicted octanol–water partition coefficient (Wildman–Crippen LogP) is 6.74. The van der Waals surface area contributed by atoms with Crippen molar-refractivity contribution in [2.24, 2.45) is 5.92 Å². The number of aryl methyl sites for hydroxylation is 1. The lowest BCUT2D eigenvalue weighted by Gasteiger charge is -2.14. The number of carbonyl (C=O) groups excluding carboxylic acids is 3. The third-order valence-electron chi connectivity index (χ3n) is 6.77. The summed E-state index contributed by atoms with van der Waals surface area (Å²) in [5, 5.41) is 0. The van der Waals surface area contributed by atoms with Crippen LogP contribution in [0.25, 0.3) is 22.3 Å². The largest absolute Gasteiger partial charge is 0.462 e. The van der Waals surface area contributed by atoms with Crippen molar-refractivity contribution in [1.82, 2.24) is 0 Å². The van der Waals surface area contributed by atoms with E-state index in [0.717, 1.165) is 40.7 Å². The Kier molecular flexibility index (Phi) is 8.49. The zero-order chi connectivity index (χ0) is 29.0. The second-order valence-corrected chi connectivity index (χ2v) is 10.1. The summed E-state index contributed by atoms with van der Waals surface area (Å²) in [6.07, 6.45) is 2.93. The molecule has 4 rings (SSSR count). The molecule has 1 atom stereocenters. The first-order valence-corrected chi connectivity index (χ1v) is 13.0. The van der Waals surface area contributed by atoms with Gasteiger partial charge in [-0.2, -0.15) is 0 Å².